The number of anilines is 1. The fourth-order valence-electron chi connectivity index (χ4n) is 1.76. The van der Waals surface area contributed by atoms with Crippen LogP contribution in [0.5, 0.6) is 0 Å². The lowest BCUT2D eigenvalue weighted by atomic mass is 10.1. The van der Waals surface area contributed by atoms with Gasteiger partial charge in [0.1, 0.15) is 15.8 Å². The lowest BCUT2D eigenvalue weighted by Gasteiger charge is -1.99. The molecule has 0 atom stereocenters. The summed E-state index contributed by atoms with van der Waals surface area (Å²) >= 11 is 1.32. The van der Waals surface area contributed by atoms with Crippen molar-refractivity contribution in [3.8, 4) is 17.3 Å². The van der Waals surface area contributed by atoms with E-state index in [2.05, 4.69) is 16.0 Å². The number of rotatable bonds is 1. The summed E-state index contributed by atoms with van der Waals surface area (Å²) in [6.45, 7) is 0. The molecule has 0 unspecified atom stereocenters. The third kappa shape index (κ3) is 1.60. The summed E-state index contributed by atoms with van der Waals surface area (Å²) in [5.41, 5.74) is 8.25. The van der Waals surface area contributed by atoms with E-state index in [4.69, 9.17) is 11.0 Å². The van der Waals surface area contributed by atoms with Gasteiger partial charge in [-0.05, 0) is 24.3 Å². The maximum atomic E-state index is 8.95. The predicted octanol–water partition coefficient (Wildman–Crippen LogP) is 2.81. The molecular weight excluding hydrogens is 244 g/mol. The van der Waals surface area contributed by atoms with Crippen LogP contribution in [-0.2, 0) is 0 Å². The Balaban J connectivity index is 2.21. The molecule has 18 heavy (non-hydrogen) atoms. The van der Waals surface area contributed by atoms with E-state index in [0.717, 1.165) is 21.5 Å². The average molecular weight is 252 g/mol. The van der Waals surface area contributed by atoms with E-state index in [1.165, 1.54) is 11.3 Å². The highest BCUT2D eigenvalue weighted by Crippen LogP contribution is 2.33. The second-order valence-corrected chi connectivity index (χ2v) is 4.74. The van der Waals surface area contributed by atoms with Gasteiger partial charge in [-0.25, -0.2) is 4.98 Å². The fourth-order valence-corrected chi connectivity index (χ4v) is 2.65. The molecule has 0 aliphatic rings. The minimum Gasteiger partial charge on any atom is -0.396 e. The molecule has 0 saturated carbocycles. The molecular formula is C13H8N4S. The second-order valence-electron chi connectivity index (χ2n) is 3.74. The SMILES string of the molecule is N#Cc1sc2nc(-c3ccncc3)ccc2c1N. The summed E-state index contributed by atoms with van der Waals surface area (Å²) in [4.78, 5) is 9.82. The quantitative estimate of drug-likeness (QED) is 0.722. The van der Waals surface area contributed by atoms with Gasteiger partial charge in [0, 0.05) is 23.3 Å². The molecule has 0 saturated heterocycles. The Labute approximate surface area is 107 Å². The Morgan fingerprint density at radius 3 is 2.67 bits per heavy atom. The van der Waals surface area contributed by atoms with E-state index < -0.39 is 0 Å². The number of hydrogen-bond acceptors (Lipinski definition) is 5. The lowest BCUT2D eigenvalue weighted by molar-refractivity contribution is 1.31. The third-order valence-corrected chi connectivity index (χ3v) is 3.69. The molecule has 5 heteroatoms. The van der Waals surface area contributed by atoms with Crippen LogP contribution in [0.2, 0.25) is 0 Å². The van der Waals surface area contributed by atoms with E-state index in [1.54, 1.807) is 12.4 Å². The van der Waals surface area contributed by atoms with Crippen LogP contribution < -0.4 is 5.73 Å². The Bertz CT molecular complexity index is 756. The zero-order valence-electron chi connectivity index (χ0n) is 9.29. The number of nitrogens with zero attached hydrogens (tertiary/aromatic N) is 3. The Kier molecular flexibility index (Phi) is 2.43. The number of thiophene rings is 1. The van der Waals surface area contributed by atoms with Crippen molar-refractivity contribution >= 4 is 27.2 Å². The molecule has 0 radical (unpaired) electrons. The summed E-state index contributed by atoms with van der Waals surface area (Å²) in [6.07, 6.45) is 3.45. The number of nitrogens with two attached hydrogens (primary N) is 1. The first-order chi connectivity index (χ1) is 8.79. The molecule has 0 amide bonds. The van der Waals surface area contributed by atoms with Crippen molar-refractivity contribution in [3.05, 3.63) is 41.5 Å². The monoisotopic (exact) mass is 252 g/mol. The molecule has 3 aromatic rings. The van der Waals surface area contributed by atoms with Crippen LogP contribution in [-0.4, -0.2) is 9.97 Å². The van der Waals surface area contributed by atoms with E-state index in [0.29, 0.717) is 10.6 Å². The van der Waals surface area contributed by atoms with E-state index in [1.807, 2.05) is 24.3 Å². The van der Waals surface area contributed by atoms with Gasteiger partial charge in [0.25, 0.3) is 0 Å². The maximum absolute atomic E-state index is 8.95. The zero-order chi connectivity index (χ0) is 12.5. The lowest BCUT2D eigenvalue weighted by Crippen LogP contribution is -1.86. The molecule has 3 aromatic heterocycles. The zero-order valence-corrected chi connectivity index (χ0v) is 10.1. The van der Waals surface area contributed by atoms with Gasteiger partial charge in [-0.2, -0.15) is 5.26 Å². The number of nitriles is 1. The van der Waals surface area contributed by atoms with Crippen molar-refractivity contribution in [1.29, 1.82) is 5.26 Å². The standard InChI is InChI=1S/C13H8N4S/c14-7-11-12(15)9-1-2-10(17-13(9)18-11)8-3-5-16-6-4-8/h1-6H,15H2. The minimum absolute atomic E-state index is 0.518. The molecule has 86 valence electrons. The summed E-state index contributed by atoms with van der Waals surface area (Å²) in [5, 5.41) is 9.79. The highest BCUT2D eigenvalue weighted by Gasteiger charge is 2.10. The normalized spacial score (nSPS) is 10.4. The average Bonchev–Trinajstić information content (AvgIpc) is 2.76. The van der Waals surface area contributed by atoms with Gasteiger partial charge in [-0.1, -0.05) is 0 Å². The summed E-state index contributed by atoms with van der Waals surface area (Å²) in [5.74, 6) is 0. The van der Waals surface area contributed by atoms with Crippen molar-refractivity contribution in [3.63, 3.8) is 0 Å². The molecule has 4 nitrogen and oxygen atoms in total. The number of aromatic nitrogens is 2. The van der Waals surface area contributed by atoms with E-state index in [-0.39, 0.29) is 0 Å². The van der Waals surface area contributed by atoms with Crippen LogP contribution in [0.4, 0.5) is 5.69 Å². The van der Waals surface area contributed by atoms with Gasteiger partial charge in [0.15, 0.2) is 0 Å². The molecule has 0 aromatic carbocycles. The van der Waals surface area contributed by atoms with E-state index in [9.17, 15) is 0 Å². The van der Waals surface area contributed by atoms with Crippen molar-refractivity contribution in [2.45, 2.75) is 0 Å². The minimum atomic E-state index is 0.518. The first kappa shape index (κ1) is 10.7. The first-order valence-corrected chi connectivity index (χ1v) is 6.11. The molecule has 0 spiro atoms. The first-order valence-electron chi connectivity index (χ1n) is 5.29. The van der Waals surface area contributed by atoms with Crippen LogP contribution in [0, 0.1) is 11.3 Å². The molecule has 2 N–H and O–H groups in total. The summed E-state index contributed by atoms with van der Waals surface area (Å²) in [6, 6.07) is 9.70. The van der Waals surface area contributed by atoms with Crippen LogP contribution in [0.15, 0.2) is 36.7 Å². The molecule has 3 heterocycles. The molecule has 0 aliphatic heterocycles. The smallest absolute Gasteiger partial charge is 0.130 e. The van der Waals surface area contributed by atoms with Gasteiger partial charge >= 0.3 is 0 Å². The van der Waals surface area contributed by atoms with Crippen LogP contribution >= 0.6 is 11.3 Å². The van der Waals surface area contributed by atoms with Gasteiger partial charge in [0.2, 0.25) is 0 Å². The van der Waals surface area contributed by atoms with E-state index >= 15 is 0 Å². The number of hydrogen-bond donors (Lipinski definition) is 1. The van der Waals surface area contributed by atoms with Gasteiger partial charge in [0.05, 0.1) is 11.4 Å². The second kappa shape index (κ2) is 4.09. The van der Waals surface area contributed by atoms with Crippen LogP contribution in [0.3, 0.4) is 0 Å². The Morgan fingerprint density at radius 1 is 1.17 bits per heavy atom. The topological polar surface area (TPSA) is 75.6 Å². The van der Waals surface area contributed by atoms with Gasteiger partial charge < -0.3 is 5.73 Å². The number of fused-ring (bicyclic) bond motifs is 1. The van der Waals surface area contributed by atoms with Gasteiger partial charge in [-0.3, -0.25) is 4.98 Å². The summed E-state index contributed by atoms with van der Waals surface area (Å²) in [7, 11) is 0. The van der Waals surface area contributed by atoms with Crippen molar-refractivity contribution in [2.24, 2.45) is 0 Å². The third-order valence-electron chi connectivity index (χ3n) is 2.67. The molecule has 0 bridgehead atoms. The van der Waals surface area contributed by atoms with Crippen LogP contribution in [0.25, 0.3) is 21.5 Å². The molecule has 0 aliphatic carbocycles. The van der Waals surface area contributed by atoms with Gasteiger partial charge in [-0.15, -0.1) is 11.3 Å². The van der Waals surface area contributed by atoms with Crippen molar-refractivity contribution in [1.82, 2.24) is 9.97 Å². The largest absolute Gasteiger partial charge is 0.396 e. The molecule has 3 rings (SSSR count). The molecule has 0 fully saturated rings. The highest BCUT2D eigenvalue weighted by atomic mass is 32.1. The van der Waals surface area contributed by atoms with Crippen molar-refractivity contribution < 1.29 is 0 Å². The summed E-state index contributed by atoms with van der Waals surface area (Å²) < 4.78 is 0. The predicted molar refractivity (Wildman–Crippen MR) is 72.0 cm³/mol. The van der Waals surface area contributed by atoms with Crippen molar-refractivity contribution in [2.75, 3.05) is 5.73 Å². The highest BCUT2D eigenvalue weighted by molar-refractivity contribution is 7.19. The maximum Gasteiger partial charge on any atom is 0.130 e. The van der Waals surface area contributed by atoms with Crippen LogP contribution in [0.1, 0.15) is 4.88 Å². The Hall–Kier alpha value is -2.45. The number of pyridine rings is 2. The fraction of sp³-hybridized carbons (Fsp3) is 0. The number of nitrogen functional groups attached to an aromatic ring is 1. The Morgan fingerprint density at radius 2 is 1.94 bits per heavy atom.